The van der Waals surface area contributed by atoms with Crippen LogP contribution in [0.5, 0.6) is 0 Å². The average molecular weight is 353 g/mol. The van der Waals surface area contributed by atoms with Crippen LogP contribution in [0.3, 0.4) is 0 Å². The van der Waals surface area contributed by atoms with Gasteiger partial charge in [-0.1, -0.05) is 17.2 Å². The zero-order valence-electron chi connectivity index (χ0n) is 11.0. The Bertz CT molecular complexity index is 574. The smallest absolute Gasteiger partial charge is 0.161 e. The third-order valence-electron chi connectivity index (χ3n) is 2.73. The first kappa shape index (κ1) is 13.3. The molecule has 0 radical (unpaired) electrons. The molecule has 1 aromatic carbocycles. The number of rotatable bonds is 2. The van der Waals surface area contributed by atoms with Gasteiger partial charge in [0.1, 0.15) is 5.82 Å². The first-order valence-corrected chi connectivity index (χ1v) is 6.89. The molecule has 1 heterocycles. The van der Waals surface area contributed by atoms with Gasteiger partial charge in [0.2, 0.25) is 0 Å². The Balaban J connectivity index is 2.60. The standard InChI is InChI=1S/C14H16IN3/c1-8-5-9(2)7-11(6-8)13-17-10(3)12(15)14(16-4)18-13/h5-7H,1-4H3,(H,16,17,18). The minimum atomic E-state index is 0.782. The van der Waals surface area contributed by atoms with E-state index in [1.165, 1.54) is 11.1 Å². The van der Waals surface area contributed by atoms with Crippen LogP contribution in [0, 0.1) is 24.3 Å². The van der Waals surface area contributed by atoms with Gasteiger partial charge in [0.05, 0.1) is 9.26 Å². The summed E-state index contributed by atoms with van der Waals surface area (Å²) >= 11 is 2.27. The largest absolute Gasteiger partial charge is 0.372 e. The molecule has 18 heavy (non-hydrogen) atoms. The maximum atomic E-state index is 4.58. The van der Waals surface area contributed by atoms with Crippen LogP contribution < -0.4 is 5.32 Å². The Labute approximate surface area is 121 Å². The Kier molecular flexibility index (Phi) is 3.85. The summed E-state index contributed by atoms with van der Waals surface area (Å²) in [6, 6.07) is 6.39. The predicted molar refractivity (Wildman–Crippen MR) is 83.9 cm³/mol. The van der Waals surface area contributed by atoms with E-state index in [9.17, 15) is 0 Å². The van der Waals surface area contributed by atoms with E-state index in [0.717, 1.165) is 26.5 Å². The molecule has 0 fully saturated rings. The van der Waals surface area contributed by atoms with Gasteiger partial charge in [0.25, 0.3) is 0 Å². The number of benzene rings is 1. The molecule has 1 N–H and O–H groups in total. The fourth-order valence-electron chi connectivity index (χ4n) is 1.96. The van der Waals surface area contributed by atoms with E-state index in [1.807, 2.05) is 14.0 Å². The molecule has 0 spiro atoms. The number of anilines is 1. The molecule has 0 bridgehead atoms. The monoisotopic (exact) mass is 353 g/mol. The van der Waals surface area contributed by atoms with Gasteiger partial charge in [-0.15, -0.1) is 0 Å². The lowest BCUT2D eigenvalue weighted by Crippen LogP contribution is -2.03. The van der Waals surface area contributed by atoms with E-state index >= 15 is 0 Å². The van der Waals surface area contributed by atoms with Crippen LogP contribution in [-0.2, 0) is 0 Å². The number of hydrogen-bond donors (Lipinski definition) is 1. The van der Waals surface area contributed by atoms with Crippen LogP contribution >= 0.6 is 22.6 Å². The second-order valence-electron chi connectivity index (χ2n) is 4.42. The lowest BCUT2D eigenvalue weighted by Gasteiger charge is -2.09. The van der Waals surface area contributed by atoms with E-state index in [4.69, 9.17) is 0 Å². The highest BCUT2D eigenvalue weighted by molar-refractivity contribution is 14.1. The van der Waals surface area contributed by atoms with E-state index in [2.05, 4.69) is 69.9 Å². The quantitative estimate of drug-likeness (QED) is 0.837. The van der Waals surface area contributed by atoms with Gasteiger partial charge in [0, 0.05) is 12.6 Å². The van der Waals surface area contributed by atoms with Crippen molar-refractivity contribution in [3.63, 3.8) is 0 Å². The van der Waals surface area contributed by atoms with Crippen LogP contribution in [0.1, 0.15) is 16.8 Å². The van der Waals surface area contributed by atoms with Crippen molar-refractivity contribution < 1.29 is 0 Å². The summed E-state index contributed by atoms with van der Waals surface area (Å²) in [6.45, 7) is 6.19. The molecule has 94 valence electrons. The Morgan fingerprint density at radius 2 is 1.61 bits per heavy atom. The van der Waals surface area contributed by atoms with Crippen molar-refractivity contribution in [3.05, 3.63) is 38.6 Å². The summed E-state index contributed by atoms with van der Waals surface area (Å²) in [5, 5.41) is 3.12. The normalized spacial score (nSPS) is 10.5. The second kappa shape index (κ2) is 5.22. The number of halogens is 1. The van der Waals surface area contributed by atoms with Crippen LogP contribution in [0.4, 0.5) is 5.82 Å². The summed E-state index contributed by atoms with van der Waals surface area (Å²) in [5.41, 5.74) is 4.54. The van der Waals surface area contributed by atoms with Crippen molar-refractivity contribution in [2.45, 2.75) is 20.8 Å². The second-order valence-corrected chi connectivity index (χ2v) is 5.50. The zero-order chi connectivity index (χ0) is 13.3. The maximum absolute atomic E-state index is 4.58. The van der Waals surface area contributed by atoms with Gasteiger partial charge in [-0.25, -0.2) is 9.97 Å². The predicted octanol–water partition coefficient (Wildman–Crippen LogP) is 3.72. The van der Waals surface area contributed by atoms with Crippen molar-refractivity contribution in [1.29, 1.82) is 0 Å². The van der Waals surface area contributed by atoms with Crippen LogP contribution in [0.2, 0.25) is 0 Å². The van der Waals surface area contributed by atoms with Gasteiger partial charge in [-0.3, -0.25) is 0 Å². The van der Waals surface area contributed by atoms with E-state index < -0.39 is 0 Å². The third kappa shape index (κ3) is 2.63. The maximum Gasteiger partial charge on any atom is 0.161 e. The highest BCUT2D eigenvalue weighted by Crippen LogP contribution is 2.24. The highest BCUT2D eigenvalue weighted by Gasteiger charge is 2.10. The minimum absolute atomic E-state index is 0.782. The van der Waals surface area contributed by atoms with Crippen molar-refractivity contribution in [2.24, 2.45) is 0 Å². The first-order valence-electron chi connectivity index (χ1n) is 5.82. The van der Waals surface area contributed by atoms with Crippen molar-refractivity contribution in [2.75, 3.05) is 12.4 Å². The summed E-state index contributed by atoms with van der Waals surface area (Å²) in [5.74, 6) is 1.67. The molecule has 0 atom stereocenters. The van der Waals surface area contributed by atoms with Crippen LogP contribution in [0.15, 0.2) is 18.2 Å². The van der Waals surface area contributed by atoms with Crippen molar-refractivity contribution in [1.82, 2.24) is 9.97 Å². The molecule has 2 rings (SSSR count). The third-order valence-corrected chi connectivity index (χ3v) is 4.03. The fraction of sp³-hybridized carbons (Fsp3) is 0.286. The van der Waals surface area contributed by atoms with Gasteiger partial charge in [-0.2, -0.15) is 0 Å². The lowest BCUT2D eigenvalue weighted by atomic mass is 10.1. The van der Waals surface area contributed by atoms with Gasteiger partial charge in [0.15, 0.2) is 5.82 Å². The molecule has 0 aliphatic carbocycles. The summed E-state index contributed by atoms with van der Waals surface area (Å²) in [6.07, 6.45) is 0. The summed E-state index contributed by atoms with van der Waals surface area (Å²) < 4.78 is 1.07. The molecule has 0 saturated carbocycles. The summed E-state index contributed by atoms with van der Waals surface area (Å²) in [4.78, 5) is 9.15. The molecule has 0 saturated heterocycles. The average Bonchev–Trinajstić information content (AvgIpc) is 2.31. The van der Waals surface area contributed by atoms with E-state index in [0.29, 0.717) is 0 Å². The molecule has 3 nitrogen and oxygen atoms in total. The molecule has 0 amide bonds. The van der Waals surface area contributed by atoms with E-state index in [-0.39, 0.29) is 0 Å². The molecule has 2 aromatic rings. The summed E-state index contributed by atoms with van der Waals surface area (Å²) in [7, 11) is 1.88. The van der Waals surface area contributed by atoms with Crippen molar-refractivity contribution in [3.8, 4) is 11.4 Å². The van der Waals surface area contributed by atoms with Crippen molar-refractivity contribution >= 4 is 28.4 Å². The first-order chi connectivity index (χ1) is 8.51. The lowest BCUT2D eigenvalue weighted by molar-refractivity contribution is 1.09. The Hall–Kier alpha value is -1.17. The SMILES string of the molecule is CNc1nc(-c2cc(C)cc(C)c2)nc(C)c1I. The molecule has 1 aromatic heterocycles. The number of hydrogen-bond acceptors (Lipinski definition) is 3. The molecule has 0 unspecified atom stereocenters. The zero-order valence-corrected chi connectivity index (χ0v) is 13.2. The van der Waals surface area contributed by atoms with E-state index in [1.54, 1.807) is 0 Å². The Morgan fingerprint density at radius 3 is 2.17 bits per heavy atom. The highest BCUT2D eigenvalue weighted by atomic mass is 127. The molecule has 0 aliphatic heterocycles. The molecular weight excluding hydrogens is 337 g/mol. The topological polar surface area (TPSA) is 37.8 Å². The molecule has 0 aliphatic rings. The van der Waals surface area contributed by atoms with Gasteiger partial charge >= 0.3 is 0 Å². The number of aryl methyl sites for hydroxylation is 3. The number of nitrogens with zero attached hydrogens (tertiary/aromatic N) is 2. The number of aromatic nitrogens is 2. The van der Waals surface area contributed by atoms with Gasteiger partial charge < -0.3 is 5.32 Å². The Morgan fingerprint density at radius 1 is 1.00 bits per heavy atom. The van der Waals surface area contributed by atoms with Crippen LogP contribution in [-0.4, -0.2) is 17.0 Å². The number of nitrogens with one attached hydrogen (secondary N) is 1. The molecular formula is C14H16IN3. The fourth-order valence-corrected chi connectivity index (χ4v) is 2.47. The minimum Gasteiger partial charge on any atom is -0.372 e. The van der Waals surface area contributed by atoms with Crippen LogP contribution in [0.25, 0.3) is 11.4 Å². The molecule has 4 heteroatoms. The van der Waals surface area contributed by atoms with Gasteiger partial charge in [-0.05, 0) is 55.5 Å².